The number of nitrogens with zero attached hydrogens (tertiary/aromatic N) is 1. The number of carboxylic acids is 1. The van der Waals surface area contributed by atoms with Crippen LogP contribution < -0.4 is 10.4 Å². The van der Waals surface area contributed by atoms with Crippen molar-refractivity contribution in [3.8, 4) is 0 Å². The van der Waals surface area contributed by atoms with E-state index in [-0.39, 0.29) is 24.7 Å². The van der Waals surface area contributed by atoms with E-state index in [0.717, 1.165) is 16.7 Å². The molecule has 210 valence electrons. The molecule has 3 aromatic carbocycles. The summed E-state index contributed by atoms with van der Waals surface area (Å²) in [7, 11) is -3.11. The highest BCUT2D eigenvalue weighted by atomic mass is 31.2. The van der Waals surface area contributed by atoms with E-state index in [0.29, 0.717) is 19.4 Å². The van der Waals surface area contributed by atoms with Crippen LogP contribution in [-0.2, 0) is 37.7 Å². The standard InChI is InChI=1S/C31H36N3O5P/c1-23(33-40(39,21-25-14-7-3-8-15-25)22-26-16-9-4-10-17-26)30(36)34-19-11-18-28(34)29(35)32-27(31(37)38)20-24-12-5-2-6-13-24/h2-10,12-17,23,27-28H,11,18-22H2,1H3,(H,32,35)(H,33,39)(H,37,38)/t23-,27-,28-/m0/s1. The number of likely N-dealkylation sites (tertiary alicyclic amines) is 1. The van der Waals surface area contributed by atoms with Crippen LogP contribution in [0.5, 0.6) is 0 Å². The summed E-state index contributed by atoms with van der Waals surface area (Å²) in [6.45, 7) is 2.05. The molecule has 1 saturated heterocycles. The molecule has 8 nitrogen and oxygen atoms in total. The number of hydrogen-bond donors (Lipinski definition) is 3. The second-order valence-corrected chi connectivity index (χ2v) is 13.0. The third kappa shape index (κ3) is 7.90. The van der Waals surface area contributed by atoms with Crippen molar-refractivity contribution in [3.05, 3.63) is 108 Å². The van der Waals surface area contributed by atoms with Crippen LogP contribution in [0.25, 0.3) is 0 Å². The van der Waals surface area contributed by atoms with Gasteiger partial charge in [-0.2, -0.15) is 0 Å². The minimum atomic E-state index is -3.11. The highest BCUT2D eigenvalue weighted by Gasteiger charge is 2.39. The Morgan fingerprint density at radius 1 is 0.875 bits per heavy atom. The first kappa shape index (κ1) is 29.2. The average Bonchev–Trinajstić information content (AvgIpc) is 3.44. The lowest BCUT2D eigenvalue weighted by Gasteiger charge is -2.30. The van der Waals surface area contributed by atoms with Crippen molar-refractivity contribution in [1.29, 1.82) is 0 Å². The lowest BCUT2D eigenvalue weighted by molar-refractivity contribution is -0.144. The number of carbonyl (C=O) groups is 3. The fourth-order valence-electron chi connectivity index (χ4n) is 5.18. The minimum absolute atomic E-state index is 0.142. The first-order chi connectivity index (χ1) is 19.2. The van der Waals surface area contributed by atoms with E-state index in [1.807, 2.05) is 91.0 Å². The van der Waals surface area contributed by atoms with Gasteiger partial charge in [0.15, 0.2) is 7.29 Å². The summed E-state index contributed by atoms with van der Waals surface area (Å²) in [5, 5.41) is 15.5. The summed E-state index contributed by atoms with van der Waals surface area (Å²) in [5.74, 6) is -1.95. The van der Waals surface area contributed by atoms with Crippen molar-refractivity contribution in [2.24, 2.45) is 0 Å². The molecule has 40 heavy (non-hydrogen) atoms. The molecule has 3 aromatic rings. The van der Waals surface area contributed by atoms with E-state index in [2.05, 4.69) is 10.4 Å². The van der Waals surface area contributed by atoms with E-state index < -0.39 is 37.3 Å². The molecule has 3 atom stereocenters. The quantitative estimate of drug-likeness (QED) is 0.282. The van der Waals surface area contributed by atoms with Gasteiger partial charge in [-0.25, -0.2) is 4.79 Å². The Bertz CT molecular complexity index is 1290. The maximum absolute atomic E-state index is 14.3. The molecule has 2 amide bonds. The van der Waals surface area contributed by atoms with Gasteiger partial charge in [0.1, 0.15) is 12.1 Å². The van der Waals surface area contributed by atoms with Crippen LogP contribution in [-0.4, -0.2) is 52.5 Å². The summed E-state index contributed by atoms with van der Waals surface area (Å²) in [6, 6.07) is 25.5. The molecular weight excluding hydrogens is 525 g/mol. The van der Waals surface area contributed by atoms with Gasteiger partial charge in [-0.1, -0.05) is 91.0 Å². The van der Waals surface area contributed by atoms with Gasteiger partial charge >= 0.3 is 5.97 Å². The zero-order valence-corrected chi connectivity index (χ0v) is 23.5. The van der Waals surface area contributed by atoms with Gasteiger partial charge in [0.05, 0.1) is 6.04 Å². The van der Waals surface area contributed by atoms with Crippen LogP contribution in [0.4, 0.5) is 0 Å². The molecule has 0 saturated carbocycles. The summed E-state index contributed by atoms with van der Waals surface area (Å²) in [6.07, 6.45) is 1.77. The van der Waals surface area contributed by atoms with Crippen LogP contribution in [0.2, 0.25) is 0 Å². The Morgan fingerprint density at radius 3 is 1.88 bits per heavy atom. The van der Waals surface area contributed by atoms with E-state index in [9.17, 15) is 24.1 Å². The normalized spacial score (nSPS) is 16.7. The molecule has 0 unspecified atom stereocenters. The Labute approximate surface area is 235 Å². The molecule has 0 radical (unpaired) electrons. The Kier molecular flexibility index (Phi) is 9.91. The zero-order valence-electron chi connectivity index (χ0n) is 22.6. The Morgan fingerprint density at radius 2 is 1.38 bits per heavy atom. The van der Waals surface area contributed by atoms with E-state index in [1.165, 1.54) is 4.90 Å². The van der Waals surface area contributed by atoms with Crippen LogP contribution in [0, 0.1) is 0 Å². The number of amides is 2. The molecule has 1 fully saturated rings. The Balaban J connectivity index is 1.45. The van der Waals surface area contributed by atoms with Crippen molar-refractivity contribution in [2.75, 3.05) is 6.54 Å². The summed E-state index contributed by atoms with van der Waals surface area (Å²) in [4.78, 5) is 40.2. The van der Waals surface area contributed by atoms with Gasteiger partial charge in [0, 0.05) is 25.3 Å². The van der Waals surface area contributed by atoms with Crippen LogP contribution in [0.1, 0.15) is 36.5 Å². The molecule has 0 aliphatic carbocycles. The van der Waals surface area contributed by atoms with Gasteiger partial charge in [0.25, 0.3) is 0 Å². The van der Waals surface area contributed by atoms with E-state index in [4.69, 9.17) is 0 Å². The monoisotopic (exact) mass is 561 g/mol. The van der Waals surface area contributed by atoms with Gasteiger partial charge in [-0.3, -0.25) is 14.7 Å². The second-order valence-electron chi connectivity index (χ2n) is 10.3. The first-order valence-corrected chi connectivity index (χ1v) is 15.6. The largest absolute Gasteiger partial charge is 0.480 e. The van der Waals surface area contributed by atoms with Crippen LogP contribution in [0.15, 0.2) is 91.0 Å². The molecule has 3 N–H and O–H groups in total. The number of hydrogen-bond acceptors (Lipinski definition) is 4. The number of nitrogens with one attached hydrogen (secondary N) is 2. The summed E-state index contributed by atoms with van der Waals surface area (Å²) < 4.78 is 14.3. The van der Waals surface area contributed by atoms with E-state index >= 15 is 0 Å². The van der Waals surface area contributed by atoms with Crippen molar-refractivity contribution < 1.29 is 24.1 Å². The van der Waals surface area contributed by atoms with Crippen molar-refractivity contribution >= 4 is 25.1 Å². The van der Waals surface area contributed by atoms with Crippen LogP contribution in [0.3, 0.4) is 0 Å². The fourth-order valence-corrected chi connectivity index (χ4v) is 7.89. The van der Waals surface area contributed by atoms with Gasteiger partial charge in [-0.15, -0.1) is 0 Å². The van der Waals surface area contributed by atoms with Gasteiger partial charge < -0.3 is 19.9 Å². The third-order valence-electron chi connectivity index (χ3n) is 7.10. The lowest BCUT2D eigenvalue weighted by atomic mass is 10.1. The molecule has 1 heterocycles. The smallest absolute Gasteiger partial charge is 0.326 e. The predicted octanol–water partition coefficient (Wildman–Crippen LogP) is 4.45. The molecule has 1 aliphatic rings. The average molecular weight is 562 g/mol. The van der Waals surface area contributed by atoms with Crippen LogP contribution >= 0.6 is 7.29 Å². The van der Waals surface area contributed by atoms with Gasteiger partial charge in [-0.05, 0) is 36.5 Å². The number of aliphatic carboxylic acids is 1. The SMILES string of the molecule is C[C@H](NP(=O)(Cc1ccccc1)Cc1ccccc1)C(=O)N1CCC[C@H]1C(=O)N[C@@H](Cc1ccccc1)C(=O)O. The molecule has 9 heteroatoms. The number of benzene rings is 3. The Hall–Kier alpha value is -3.74. The molecule has 1 aliphatic heterocycles. The highest BCUT2D eigenvalue weighted by Crippen LogP contribution is 2.49. The summed E-state index contributed by atoms with van der Waals surface area (Å²) >= 11 is 0. The first-order valence-electron chi connectivity index (χ1n) is 13.6. The highest BCUT2D eigenvalue weighted by molar-refractivity contribution is 7.60. The van der Waals surface area contributed by atoms with Crippen molar-refractivity contribution in [3.63, 3.8) is 0 Å². The second kappa shape index (κ2) is 13.6. The minimum Gasteiger partial charge on any atom is -0.480 e. The number of carbonyl (C=O) groups excluding carboxylic acids is 2. The zero-order chi connectivity index (χ0) is 28.5. The lowest BCUT2D eigenvalue weighted by Crippen LogP contribution is -2.54. The number of carboxylic acid groups (broad SMARTS) is 1. The molecule has 0 aromatic heterocycles. The molecular formula is C31H36N3O5P. The third-order valence-corrected chi connectivity index (χ3v) is 9.71. The van der Waals surface area contributed by atoms with Crippen molar-refractivity contribution in [2.45, 2.75) is 56.6 Å². The van der Waals surface area contributed by atoms with Gasteiger partial charge in [0.2, 0.25) is 11.8 Å². The van der Waals surface area contributed by atoms with E-state index in [1.54, 1.807) is 6.92 Å². The molecule has 4 rings (SSSR count). The maximum atomic E-state index is 14.3. The summed E-state index contributed by atoms with van der Waals surface area (Å²) in [5.41, 5.74) is 2.61. The molecule has 0 spiro atoms. The maximum Gasteiger partial charge on any atom is 0.326 e. The fraction of sp³-hybridized carbons (Fsp3) is 0.323. The molecule has 0 bridgehead atoms. The predicted molar refractivity (Wildman–Crippen MR) is 155 cm³/mol. The topological polar surface area (TPSA) is 116 Å². The number of rotatable bonds is 12. The van der Waals surface area contributed by atoms with Crippen molar-refractivity contribution in [1.82, 2.24) is 15.3 Å².